The van der Waals surface area contributed by atoms with Crippen LogP contribution in [0.2, 0.25) is 0 Å². The molecule has 1 heterocycles. The minimum Gasteiger partial charge on any atom is -0.483 e. The maximum Gasteiger partial charge on any atom is 0.339 e. The molecule has 1 aromatic heterocycles. The van der Waals surface area contributed by atoms with Gasteiger partial charge in [-0.2, -0.15) is 0 Å². The van der Waals surface area contributed by atoms with E-state index in [0.29, 0.717) is 22.5 Å². The van der Waals surface area contributed by atoms with E-state index in [-0.39, 0.29) is 19.1 Å². The highest BCUT2D eigenvalue weighted by molar-refractivity contribution is 5.88. The molecule has 0 aliphatic rings. The standard InChI is InChI=1S/C21H26N2O7/c1-10(2)18(20(26)27)23-16(24)8-22-17(25)9-29-15-7-6-14-11(3)12(4)21(28)30-19(14)13(15)5/h6-7,10,18H,8-9H2,1-5H3,(H,22,25)(H,23,24)(H,26,27). The molecule has 30 heavy (non-hydrogen) atoms. The van der Waals surface area contributed by atoms with Crippen molar-refractivity contribution in [2.24, 2.45) is 5.92 Å². The van der Waals surface area contributed by atoms with Gasteiger partial charge in [0.25, 0.3) is 5.91 Å². The van der Waals surface area contributed by atoms with Crippen LogP contribution in [0.3, 0.4) is 0 Å². The Morgan fingerprint density at radius 1 is 1.07 bits per heavy atom. The van der Waals surface area contributed by atoms with Crippen molar-refractivity contribution in [3.8, 4) is 5.75 Å². The van der Waals surface area contributed by atoms with E-state index in [1.165, 1.54) is 0 Å². The van der Waals surface area contributed by atoms with Gasteiger partial charge >= 0.3 is 11.6 Å². The summed E-state index contributed by atoms with van der Waals surface area (Å²) in [5, 5.41) is 14.6. The molecule has 2 rings (SSSR count). The number of carboxylic acids is 1. The molecule has 162 valence electrons. The van der Waals surface area contributed by atoms with E-state index in [1.807, 2.05) is 6.92 Å². The van der Waals surface area contributed by atoms with Crippen LogP contribution >= 0.6 is 0 Å². The normalized spacial score (nSPS) is 11.9. The number of carboxylic acid groups (broad SMARTS) is 1. The molecule has 0 bridgehead atoms. The van der Waals surface area contributed by atoms with E-state index in [9.17, 15) is 19.2 Å². The van der Waals surface area contributed by atoms with Gasteiger partial charge in [-0.05, 0) is 44.4 Å². The molecule has 2 amide bonds. The fourth-order valence-corrected chi connectivity index (χ4v) is 2.89. The Labute approximate surface area is 173 Å². The second-order valence-corrected chi connectivity index (χ2v) is 7.40. The molecule has 1 aromatic carbocycles. The number of nitrogens with one attached hydrogen (secondary N) is 2. The molecular formula is C21H26N2O7. The van der Waals surface area contributed by atoms with Gasteiger partial charge in [-0.3, -0.25) is 9.59 Å². The minimum absolute atomic E-state index is 0.297. The van der Waals surface area contributed by atoms with Crippen LogP contribution < -0.4 is 21.0 Å². The number of carbonyl (C=O) groups is 3. The van der Waals surface area contributed by atoms with Crippen LogP contribution in [0.15, 0.2) is 21.3 Å². The monoisotopic (exact) mass is 418 g/mol. The summed E-state index contributed by atoms with van der Waals surface area (Å²) in [6, 6.07) is 2.41. The number of rotatable bonds is 8. The van der Waals surface area contributed by atoms with Crippen LogP contribution in [0.25, 0.3) is 11.0 Å². The average Bonchev–Trinajstić information content (AvgIpc) is 2.68. The van der Waals surface area contributed by atoms with Crippen LogP contribution in [-0.2, 0) is 14.4 Å². The van der Waals surface area contributed by atoms with Gasteiger partial charge in [0.05, 0.1) is 6.54 Å². The molecule has 0 fully saturated rings. The molecule has 9 heteroatoms. The number of ether oxygens (including phenoxy) is 1. The lowest BCUT2D eigenvalue weighted by molar-refractivity contribution is -0.143. The summed E-state index contributed by atoms with van der Waals surface area (Å²) in [4.78, 5) is 46.9. The Morgan fingerprint density at radius 3 is 2.33 bits per heavy atom. The van der Waals surface area contributed by atoms with Crippen molar-refractivity contribution in [1.29, 1.82) is 0 Å². The summed E-state index contributed by atoms with van der Waals surface area (Å²) in [5.41, 5.74) is 1.91. The Hall–Kier alpha value is -3.36. The van der Waals surface area contributed by atoms with Gasteiger partial charge < -0.3 is 24.9 Å². The minimum atomic E-state index is -1.14. The van der Waals surface area contributed by atoms with Gasteiger partial charge in [0.2, 0.25) is 5.91 Å². The molecule has 0 saturated carbocycles. The Kier molecular flexibility index (Phi) is 7.20. The van der Waals surface area contributed by atoms with Gasteiger partial charge in [0.1, 0.15) is 17.4 Å². The Balaban J connectivity index is 1.98. The van der Waals surface area contributed by atoms with E-state index >= 15 is 0 Å². The van der Waals surface area contributed by atoms with Crippen LogP contribution in [0.4, 0.5) is 0 Å². The summed E-state index contributed by atoms with van der Waals surface area (Å²) >= 11 is 0. The number of hydrogen-bond acceptors (Lipinski definition) is 6. The lowest BCUT2D eigenvalue weighted by Gasteiger charge is -2.18. The van der Waals surface area contributed by atoms with Gasteiger partial charge in [-0.1, -0.05) is 13.8 Å². The van der Waals surface area contributed by atoms with Gasteiger partial charge in [0.15, 0.2) is 6.61 Å². The third kappa shape index (κ3) is 5.16. The first-order valence-corrected chi connectivity index (χ1v) is 9.48. The zero-order chi connectivity index (χ0) is 22.6. The molecule has 0 radical (unpaired) electrons. The molecule has 0 aliphatic heterocycles. The number of hydrogen-bond donors (Lipinski definition) is 3. The number of carbonyl (C=O) groups excluding carboxylic acids is 2. The van der Waals surface area contributed by atoms with Gasteiger partial charge in [0, 0.05) is 16.5 Å². The first-order chi connectivity index (χ1) is 14.0. The van der Waals surface area contributed by atoms with Gasteiger partial charge in [-0.25, -0.2) is 9.59 Å². The maximum absolute atomic E-state index is 12.0. The Bertz CT molecular complexity index is 1040. The highest BCUT2D eigenvalue weighted by Crippen LogP contribution is 2.29. The predicted octanol–water partition coefficient (Wildman–Crippen LogP) is 1.44. The van der Waals surface area contributed by atoms with Crippen molar-refractivity contribution < 1.29 is 28.6 Å². The zero-order valence-electron chi connectivity index (χ0n) is 17.6. The van der Waals surface area contributed by atoms with Crippen LogP contribution in [0.1, 0.15) is 30.5 Å². The topological polar surface area (TPSA) is 135 Å². The second-order valence-electron chi connectivity index (χ2n) is 7.40. The SMILES string of the molecule is Cc1c(C)c2ccc(OCC(=O)NCC(=O)NC(C(=O)O)C(C)C)c(C)c2oc1=O. The quantitative estimate of drug-likeness (QED) is 0.552. The van der Waals surface area contributed by atoms with E-state index in [1.54, 1.807) is 39.8 Å². The molecule has 0 aliphatic carbocycles. The number of fused-ring (bicyclic) bond motifs is 1. The summed E-state index contributed by atoms with van der Waals surface area (Å²) in [6.07, 6.45) is 0. The first-order valence-electron chi connectivity index (χ1n) is 9.48. The zero-order valence-corrected chi connectivity index (χ0v) is 17.6. The molecular weight excluding hydrogens is 392 g/mol. The highest BCUT2D eigenvalue weighted by atomic mass is 16.5. The molecule has 9 nitrogen and oxygen atoms in total. The summed E-state index contributed by atoms with van der Waals surface area (Å²) in [5.74, 6) is -2.23. The van der Waals surface area contributed by atoms with E-state index < -0.39 is 29.5 Å². The molecule has 1 atom stereocenters. The summed E-state index contributed by atoms with van der Waals surface area (Å²) < 4.78 is 10.9. The van der Waals surface area contributed by atoms with Crippen molar-refractivity contribution in [3.63, 3.8) is 0 Å². The Morgan fingerprint density at radius 2 is 1.73 bits per heavy atom. The predicted molar refractivity (Wildman–Crippen MR) is 110 cm³/mol. The molecule has 0 spiro atoms. The van der Waals surface area contributed by atoms with Gasteiger partial charge in [-0.15, -0.1) is 0 Å². The number of aryl methyl sites for hydroxylation is 2. The fourth-order valence-electron chi connectivity index (χ4n) is 2.89. The summed E-state index contributed by atoms with van der Waals surface area (Å²) in [6.45, 7) is 7.86. The van der Waals surface area contributed by atoms with Crippen molar-refractivity contribution in [3.05, 3.63) is 39.2 Å². The molecule has 0 saturated heterocycles. The fraction of sp³-hybridized carbons (Fsp3) is 0.429. The highest BCUT2D eigenvalue weighted by Gasteiger charge is 2.23. The number of amides is 2. The van der Waals surface area contributed by atoms with Crippen LogP contribution in [0.5, 0.6) is 5.75 Å². The second kappa shape index (κ2) is 9.43. The van der Waals surface area contributed by atoms with E-state index in [2.05, 4.69) is 10.6 Å². The average molecular weight is 418 g/mol. The molecule has 2 aromatic rings. The maximum atomic E-state index is 12.0. The van der Waals surface area contributed by atoms with E-state index in [4.69, 9.17) is 14.3 Å². The molecule has 1 unspecified atom stereocenters. The third-order valence-corrected chi connectivity index (χ3v) is 4.88. The number of benzene rings is 1. The van der Waals surface area contributed by atoms with Crippen molar-refractivity contribution in [1.82, 2.24) is 10.6 Å². The molecule has 3 N–H and O–H groups in total. The van der Waals surface area contributed by atoms with Crippen molar-refractivity contribution in [2.45, 2.75) is 40.7 Å². The lowest BCUT2D eigenvalue weighted by Crippen LogP contribution is -2.48. The van der Waals surface area contributed by atoms with E-state index in [0.717, 1.165) is 10.9 Å². The first kappa shape index (κ1) is 22.9. The largest absolute Gasteiger partial charge is 0.483 e. The van der Waals surface area contributed by atoms with Crippen molar-refractivity contribution in [2.75, 3.05) is 13.2 Å². The number of aliphatic carboxylic acids is 1. The summed E-state index contributed by atoms with van der Waals surface area (Å²) in [7, 11) is 0. The lowest BCUT2D eigenvalue weighted by atomic mass is 10.0. The van der Waals surface area contributed by atoms with Crippen molar-refractivity contribution >= 4 is 28.8 Å². The van der Waals surface area contributed by atoms with Crippen LogP contribution in [0, 0.1) is 26.7 Å². The third-order valence-electron chi connectivity index (χ3n) is 4.88. The van der Waals surface area contributed by atoms with Crippen LogP contribution in [-0.4, -0.2) is 42.1 Å². The smallest absolute Gasteiger partial charge is 0.339 e.